The Kier molecular flexibility index (Phi) is 4.71. The zero-order chi connectivity index (χ0) is 12.0. The highest BCUT2D eigenvalue weighted by molar-refractivity contribution is 5.23. The van der Waals surface area contributed by atoms with E-state index in [-0.39, 0.29) is 5.82 Å². The number of hydrogen-bond acceptors (Lipinski definition) is 0. The average Bonchev–Trinajstić information content (AvgIpc) is 2.28. The van der Waals surface area contributed by atoms with Gasteiger partial charge in [0.25, 0.3) is 0 Å². The molecule has 1 heteroatoms. The molecule has 0 radical (unpaired) electrons. The van der Waals surface area contributed by atoms with Crippen LogP contribution >= 0.6 is 0 Å². The second-order valence-corrected chi connectivity index (χ2v) is 3.86. The van der Waals surface area contributed by atoms with E-state index in [1.165, 1.54) is 5.56 Å². The molecule has 0 heterocycles. The van der Waals surface area contributed by atoms with Crippen molar-refractivity contribution in [3.63, 3.8) is 0 Å². The number of rotatable bonds is 0. The first kappa shape index (κ1) is 12.4. The van der Waals surface area contributed by atoms with Crippen LogP contribution in [0.25, 0.3) is 0 Å². The molecule has 16 heavy (non-hydrogen) atoms. The van der Waals surface area contributed by atoms with Gasteiger partial charge in [-0.1, -0.05) is 54.1 Å². The SMILES string of the molecule is Cc1cccc(C)c1F.Cc1ccccc1. The third kappa shape index (κ3) is 3.85. The summed E-state index contributed by atoms with van der Waals surface area (Å²) in [6.07, 6.45) is 0. The zero-order valence-corrected chi connectivity index (χ0v) is 10.00. The zero-order valence-electron chi connectivity index (χ0n) is 10.00. The number of hydrogen-bond donors (Lipinski definition) is 0. The third-order valence-electron chi connectivity index (χ3n) is 2.33. The summed E-state index contributed by atoms with van der Waals surface area (Å²) in [5, 5.41) is 0. The average molecular weight is 216 g/mol. The van der Waals surface area contributed by atoms with Gasteiger partial charge >= 0.3 is 0 Å². The van der Waals surface area contributed by atoms with Gasteiger partial charge in [-0.15, -0.1) is 0 Å². The van der Waals surface area contributed by atoms with Crippen LogP contribution in [0.15, 0.2) is 48.5 Å². The highest BCUT2D eigenvalue weighted by atomic mass is 19.1. The summed E-state index contributed by atoms with van der Waals surface area (Å²) in [7, 11) is 0. The van der Waals surface area contributed by atoms with E-state index in [0.717, 1.165) is 11.1 Å². The minimum absolute atomic E-state index is 0.0856. The molecule has 0 unspecified atom stereocenters. The van der Waals surface area contributed by atoms with Gasteiger partial charge in [0.05, 0.1) is 0 Å². The minimum atomic E-state index is -0.0856. The maximum atomic E-state index is 12.7. The fraction of sp³-hybridized carbons (Fsp3) is 0.200. The van der Waals surface area contributed by atoms with Crippen LogP contribution in [0.1, 0.15) is 16.7 Å². The van der Waals surface area contributed by atoms with E-state index in [4.69, 9.17) is 0 Å². The van der Waals surface area contributed by atoms with Crippen molar-refractivity contribution in [1.82, 2.24) is 0 Å². The van der Waals surface area contributed by atoms with Crippen molar-refractivity contribution in [2.24, 2.45) is 0 Å². The molecule has 0 aliphatic rings. The first-order valence-electron chi connectivity index (χ1n) is 5.34. The van der Waals surface area contributed by atoms with Crippen LogP contribution in [0.3, 0.4) is 0 Å². The highest BCUT2D eigenvalue weighted by Crippen LogP contribution is 2.09. The minimum Gasteiger partial charge on any atom is -0.206 e. The topological polar surface area (TPSA) is 0 Å². The van der Waals surface area contributed by atoms with Crippen molar-refractivity contribution < 1.29 is 4.39 Å². The summed E-state index contributed by atoms with van der Waals surface area (Å²) >= 11 is 0. The van der Waals surface area contributed by atoms with Gasteiger partial charge < -0.3 is 0 Å². The molecule has 0 bridgehead atoms. The quantitative estimate of drug-likeness (QED) is 0.610. The Balaban J connectivity index is 0.000000165. The summed E-state index contributed by atoms with van der Waals surface area (Å²) < 4.78 is 12.7. The van der Waals surface area contributed by atoms with Gasteiger partial charge in [-0.25, -0.2) is 4.39 Å². The van der Waals surface area contributed by atoms with Crippen LogP contribution in [0.2, 0.25) is 0 Å². The van der Waals surface area contributed by atoms with Crippen molar-refractivity contribution in [3.8, 4) is 0 Å². The molecule has 0 spiro atoms. The fourth-order valence-electron chi connectivity index (χ4n) is 1.33. The summed E-state index contributed by atoms with van der Waals surface area (Å²) in [6.45, 7) is 5.62. The summed E-state index contributed by atoms with van der Waals surface area (Å²) in [4.78, 5) is 0. The lowest BCUT2D eigenvalue weighted by Gasteiger charge is -1.96. The lowest BCUT2D eigenvalue weighted by Crippen LogP contribution is -1.84. The number of halogens is 1. The van der Waals surface area contributed by atoms with Gasteiger partial charge in [0, 0.05) is 0 Å². The first-order valence-corrected chi connectivity index (χ1v) is 5.34. The van der Waals surface area contributed by atoms with E-state index < -0.39 is 0 Å². The van der Waals surface area contributed by atoms with Crippen molar-refractivity contribution >= 4 is 0 Å². The standard InChI is InChI=1S/C8H9F.C7H8/c1-6-4-3-5-7(2)8(6)9;1-7-5-3-2-4-6-7/h3-5H,1-2H3;2-6H,1H3. The molecule has 84 valence electrons. The molecule has 0 atom stereocenters. The third-order valence-corrected chi connectivity index (χ3v) is 2.33. The van der Waals surface area contributed by atoms with E-state index in [0.29, 0.717) is 0 Å². The Hall–Kier alpha value is -1.63. The molecule has 0 saturated carbocycles. The molecule has 2 aromatic carbocycles. The molecule has 2 aromatic rings. The monoisotopic (exact) mass is 216 g/mol. The molecular weight excluding hydrogens is 199 g/mol. The van der Waals surface area contributed by atoms with E-state index in [2.05, 4.69) is 19.1 Å². The molecule has 0 aliphatic carbocycles. The normalized spacial score (nSPS) is 9.25. The highest BCUT2D eigenvalue weighted by Gasteiger charge is 1.96. The predicted molar refractivity (Wildman–Crippen MR) is 67.1 cm³/mol. The van der Waals surface area contributed by atoms with Crippen molar-refractivity contribution in [2.75, 3.05) is 0 Å². The van der Waals surface area contributed by atoms with E-state index >= 15 is 0 Å². The maximum absolute atomic E-state index is 12.7. The Morgan fingerprint density at radius 3 is 1.50 bits per heavy atom. The Morgan fingerprint density at radius 2 is 1.19 bits per heavy atom. The molecule has 0 aromatic heterocycles. The van der Waals surface area contributed by atoms with Crippen LogP contribution in [-0.2, 0) is 0 Å². The van der Waals surface area contributed by atoms with Crippen LogP contribution in [0.5, 0.6) is 0 Å². The molecule has 0 nitrogen and oxygen atoms in total. The van der Waals surface area contributed by atoms with Gasteiger partial charge in [0.1, 0.15) is 5.82 Å². The predicted octanol–water partition coefficient (Wildman–Crippen LogP) is 4.44. The molecule has 0 fully saturated rings. The number of aryl methyl sites for hydroxylation is 3. The molecular formula is C15H17F. The van der Waals surface area contributed by atoms with Crippen LogP contribution in [-0.4, -0.2) is 0 Å². The Bertz CT molecular complexity index is 412. The van der Waals surface area contributed by atoms with Crippen LogP contribution in [0, 0.1) is 26.6 Å². The lowest BCUT2D eigenvalue weighted by atomic mass is 10.1. The molecule has 0 saturated heterocycles. The second kappa shape index (κ2) is 6.06. The lowest BCUT2D eigenvalue weighted by molar-refractivity contribution is 0.609. The number of benzene rings is 2. The van der Waals surface area contributed by atoms with E-state index in [9.17, 15) is 4.39 Å². The molecule has 0 N–H and O–H groups in total. The van der Waals surface area contributed by atoms with Crippen LogP contribution in [0.4, 0.5) is 4.39 Å². The fourth-order valence-corrected chi connectivity index (χ4v) is 1.33. The molecule has 0 amide bonds. The van der Waals surface area contributed by atoms with Gasteiger partial charge in [0.15, 0.2) is 0 Å². The molecule has 0 aliphatic heterocycles. The first-order chi connectivity index (χ1) is 7.61. The maximum Gasteiger partial charge on any atom is 0.129 e. The smallest absolute Gasteiger partial charge is 0.129 e. The summed E-state index contributed by atoms with van der Waals surface area (Å²) in [5.41, 5.74) is 2.76. The van der Waals surface area contributed by atoms with Gasteiger partial charge in [0.2, 0.25) is 0 Å². The Labute approximate surface area is 96.8 Å². The van der Waals surface area contributed by atoms with Crippen molar-refractivity contribution in [1.29, 1.82) is 0 Å². The van der Waals surface area contributed by atoms with Gasteiger partial charge in [-0.3, -0.25) is 0 Å². The largest absolute Gasteiger partial charge is 0.206 e. The second-order valence-electron chi connectivity index (χ2n) is 3.86. The summed E-state index contributed by atoms with van der Waals surface area (Å²) in [5.74, 6) is -0.0856. The van der Waals surface area contributed by atoms with Crippen molar-refractivity contribution in [3.05, 3.63) is 71.0 Å². The molecule has 2 rings (SSSR count). The van der Waals surface area contributed by atoms with E-state index in [1.54, 1.807) is 26.0 Å². The van der Waals surface area contributed by atoms with Gasteiger partial charge in [-0.2, -0.15) is 0 Å². The van der Waals surface area contributed by atoms with Crippen molar-refractivity contribution in [2.45, 2.75) is 20.8 Å². The van der Waals surface area contributed by atoms with Gasteiger partial charge in [-0.05, 0) is 31.9 Å². The summed E-state index contributed by atoms with van der Waals surface area (Å²) in [6, 6.07) is 15.6. The Morgan fingerprint density at radius 1 is 0.688 bits per heavy atom. The van der Waals surface area contributed by atoms with Crippen LogP contribution < -0.4 is 0 Å². The van der Waals surface area contributed by atoms with E-state index in [1.807, 2.05) is 24.3 Å².